The van der Waals surface area contributed by atoms with Crippen LogP contribution in [0.2, 0.25) is 0 Å². The van der Waals surface area contributed by atoms with Gasteiger partial charge in [0.25, 0.3) is 0 Å². The molecule has 0 amide bonds. The quantitative estimate of drug-likeness (QED) is 0.797. The van der Waals surface area contributed by atoms with E-state index in [1.165, 1.54) is 31.2 Å². The van der Waals surface area contributed by atoms with Gasteiger partial charge in [0, 0.05) is 0 Å². The molecule has 0 spiro atoms. The molecule has 2 saturated carbocycles. The Bertz CT molecular complexity index is 422. The van der Waals surface area contributed by atoms with Gasteiger partial charge in [0.2, 0.25) is 0 Å². The molecule has 0 aliphatic heterocycles. The first-order valence-electron chi connectivity index (χ1n) is 6.98. The van der Waals surface area contributed by atoms with E-state index in [0.717, 1.165) is 23.3 Å². The van der Waals surface area contributed by atoms with Crippen LogP contribution in [0.4, 0.5) is 0 Å². The van der Waals surface area contributed by atoms with Gasteiger partial charge >= 0.3 is 0 Å². The van der Waals surface area contributed by atoms with Crippen molar-refractivity contribution in [1.29, 1.82) is 0 Å². The summed E-state index contributed by atoms with van der Waals surface area (Å²) < 4.78 is 0. The van der Waals surface area contributed by atoms with E-state index in [4.69, 9.17) is 0 Å². The first-order chi connectivity index (χ1) is 8.15. The lowest BCUT2D eigenvalue weighted by Gasteiger charge is -2.23. The monoisotopic (exact) mass is 230 g/mol. The molecule has 1 heteroatoms. The van der Waals surface area contributed by atoms with Crippen molar-refractivity contribution in [2.45, 2.75) is 51.4 Å². The normalized spacial score (nSPS) is 31.4. The third-order valence-corrected chi connectivity index (χ3v) is 4.84. The lowest BCUT2D eigenvalue weighted by Crippen LogP contribution is -2.08. The highest BCUT2D eigenvalue weighted by Crippen LogP contribution is 2.53. The number of hydrogen-bond donors (Lipinski definition) is 1. The predicted molar refractivity (Wildman–Crippen MR) is 70.4 cm³/mol. The van der Waals surface area contributed by atoms with Crippen LogP contribution in [-0.4, -0.2) is 5.11 Å². The van der Waals surface area contributed by atoms with Gasteiger partial charge in [0.15, 0.2) is 0 Å². The molecule has 3 rings (SSSR count). The van der Waals surface area contributed by atoms with E-state index < -0.39 is 0 Å². The third-order valence-electron chi connectivity index (χ3n) is 4.84. The predicted octanol–water partition coefficient (Wildman–Crippen LogP) is 4.42. The SMILES string of the molecule is CC(C)c1cc(C2CC3CCC2C3)ccc1O. The summed E-state index contributed by atoms with van der Waals surface area (Å²) in [5.41, 5.74) is 2.59. The molecular weight excluding hydrogens is 208 g/mol. The fourth-order valence-electron chi connectivity index (χ4n) is 3.92. The van der Waals surface area contributed by atoms with Crippen LogP contribution in [0.3, 0.4) is 0 Å². The second-order valence-corrected chi connectivity index (χ2v) is 6.25. The molecule has 3 unspecified atom stereocenters. The summed E-state index contributed by atoms with van der Waals surface area (Å²) in [7, 11) is 0. The zero-order chi connectivity index (χ0) is 12.0. The van der Waals surface area contributed by atoms with E-state index in [9.17, 15) is 5.11 Å². The number of rotatable bonds is 2. The molecule has 17 heavy (non-hydrogen) atoms. The van der Waals surface area contributed by atoms with Gasteiger partial charge in [-0.2, -0.15) is 0 Å². The molecule has 0 saturated heterocycles. The summed E-state index contributed by atoms with van der Waals surface area (Å²) in [4.78, 5) is 0. The number of phenols is 1. The van der Waals surface area contributed by atoms with E-state index in [1.807, 2.05) is 6.07 Å². The average Bonchev–Trinajstić information content (AvgIpc) is 2.91. The van der Waals surface area contributed by atoms with E-state index in [0.29, 0.717) is 11.7 Å². The Morgan fingerprint density at radius 1 is 1.18 bits per heavy atom. The van der Waals surface area contributed by atoms with E-state index >= 15 is 0 Å². The van der Waals surface area contributed by atoms with Crippen LogP contribution in [0.15, 0.2) is 18.2 Å². The van der Waals surface area contributed by atoms with Crippen molar-refractivity contribution in [3.8, 4) is 5.75 Å². The Labute approximate surface area is 104 Å². The molecular formula is C16H22O. The molecule has 0 heterocycles. The average molecular weight is 230 g/mol. The summed E-state index contributed by atoms with van der Waals surface area (Å²) in [5, 5.41) is 9.88. The van der Waals surface area contributed by atoms with E-state index in [1.54, 1.807) is 0 Å². The van der Waals surface area contributed by atoms with Gasteiger partial charge in [-0.05, 0) is 60.1 Å². The molecule has 2 aliphatic carbocycles. The maximum Gasteiger partial charge on any atom is 0.119 e. The number of aromatic hydroxyl groups is 1. The van der Waals surface area contributed by atoms with Gasteiger partial charge in [0.05, 0.1) is 0 Å². The Kier molecular flexibility index (Phi) is 2.65. The minimum atomic E-state index is 0.411. The Morgan fingerprint density at radius 3 is 2.59 bits per heavy atom. The first kappa shape index (κ1) is 11.1. The molecule has 2 bridgehead atoms. The topological polar surface area (TPSA) is 20.2 Å². The van der Waals surface area contributed by atoms with Crippen LogP contribution < -0.4 is 0 Å². The maximum atomic E-state index is 9.88. The fourth-order valence-corrected chi connectivity index (χ4v) is 3.92. The van der Waals surface area contributed by atoms with Gasteiger partial charge in [-0.15, -0.1) is 0 Å². The Balaban J connectivity index is 1.91. The molecule has 0 radical (unpaired) electrons. The Hall–Kier alpha value is -0.980. The molecule has 92 valence electrons. The van der Waals surface area contributed by atoms with Crippen molar-refractivity contribution >= 4 is 0 Å². The van der Waals surface area contributed by atoms with Crippen molar-refractivity contribution in [1.82, 2.24) is 0 Å². The fraction of sp³-hybridized carbons (Fsp3) is 0.625. The van der Waals surface area contributed by atoms with Crippen LogP contribution in [0, 0.1) is 11.8 Å². The molecule has 1 nitrogen and oxygen atoms in total. The lowest BCUT2D eigenvalue weighted by atomic mass is 9.82. The van der Waals surface area contributed by atoms with Crippen LogP contribution >= 0.6 is 0 Å². The van der Waals surface area contributed by atoms with Gasteiger partial charge in [-0.1, -0.05) is 32.4 Å². The van der Waals surface area contributed by atoms with Gasteiger partial charge in [-0.3, -0.25) is 0 Å². The largest absolute Gasteiger partial charge is 0.508 e. The van der Waals surface area contributed by atoms with Crippen LogP contribution in [0.25, 0.3) is 0 Å². The second kappa shape index (κ2) is 4.04. The summed E-state index contributed by atoms with van der Waals surface area (Å²) >= 11 is 0. The van der Waals surface area contributed by atoms with Gasteiger partial charge < -0.3 is 5.11 Å². The van der Waals surface area contributed by atoms with Crippen molar-refractivity contribution in [2.75, 3.05) is 0 Å². The Morgan fingerprint density at radius 2 is 2.00 bits per heavy atom. The second-order valence-electron chi connectivity index (χ2n) is 6.25. The van der Waals surface area contributed by atoms with Crippen molar-refractivity contribution in [3.63, 3.8) is 0 Å². The molecule has 2 aliphatic rings. The van der Waals surface area contributed by atoms with Crippen LogP contribution in [0.1, 0.15) is 62.5 Å². The molecule has 1 aromatic rings. The first-order valence-corrected chi connectivity index (χ1v) is 6.98. The van der Waals surface area contributed by atoms with Crippen molar-refractivity contribution < 1.29 is 5.11 Å². The van der Waals surface area contributed by atoms with Gasteiger partial charge in [0.1, 0.15) is 5.75 Å². The molecule has 1 aromatic carbocycles. The minimum Gasteiger partial charge on any atom is -0.508 e. The molecule has 0 aromatic heterocycles. The maximum absolute atomic E-state index is 9.88. The third kappa shape index (κ3) is 1.86. The highest BCUT2D eigenvalue weighted by Gasteiger charge is 2.40. The van der Waals surface area contributed by atoms with E-state index in [-0.39, 0.29) is 0 Å². The summed E-state index contributed by atoms with van der Waals surface area (Å²) in [5.74, 6) is 3.55. The summed E-state index contributed by atoms with van der Waals surface area (Å²) in [6, 6.07) is 6.30. The highest BCUT2D eigenvalue weighted by atomic mass is 16.3. The number of hydrogen-bond acceptors (Lipinski definition) is 1. The summed E-state index contributed by atoms with van der Waals surface area (Å²) in [6.45, 7) is 4.30. The zero-order valence-corrected chi connectivity index (χ0v) is 10.8. The van der Waals surface area contributed by atoms with Crippen molar-refractivity contribution in [3.05, 3.63) is 29.3 Å². The number of phenolic OH excluding ortho intramolecular Hbond substituents is 1. The minimum absolute atomic E-state index is 0.411. The zero-order valence-electron chi connectivity index (χ0n) is 10.8. The molecule has 2 fully saturated rings. The van der Waals surface area contributed by atoms with Crippen molar-refractivity contribution in [2.24, 2.45) is 11.8 Å². The van der Waals surface area contributed by atoms with Crippen LogP contribution in [-0.2, 0) is 0 Å². The standard InChI is InChI=1S/C16H22O/c1-10(2)14-9-13(5-6-16(14)17)15-8-11-3-4-12(15)7-11/h5-6,9-12,15,17H,3-4,7-8H2,1-2H3. The number of fused-ring (bicyclic) bond motifs is 2. The molecule has 3 atom stereocenters. The lowest BCUT2D eigenvalue weighted by molar-refractivity contribution is 0.418. The number of benzene rings is 1. The highest BCUT2D eigenvalue weighted by molar-refractivity contribution is 5.40. The van der Waals surface area contributed by atoms with Gasteiger partial charge in [-0.25, -0.2) is 0 Å². The summed E-state index contributed by atoms with van der Waals surface area (Å²) in [6.07, 6.45) is 5.71. The smallest absolute Gasteiger partial charge is 0.119 e. The van der Waals surface area contributed by atoms with Crippen LogP contribution in [0.5, 0.6) is 5.75 Å². The molecule has 1 N–H and O–H groups in total. The van der Waals surface area contributed by atoms with E-state index in [2.05, 4.69) is 26.0 Å².